The highest BCUT2D eigenvalue weighted by atomic mass is 19.1. The molecule has 1 saturated carbocycles. The maximum Gasteiger partial charge on any atom is 0.319 e. The van der Waals surface area contributed by atoms with Gasteiger partial charge in [-0.1, -0.05) is 6.92 Å². The highest BCUT2D eigenvalue weighted by Gasteiger charge is 2.21. The van der Waals surface area contributed by atoms with E-state index < -0.39 is 11.8 Å². The summed E-state index contributed by atoms with van der Waals surface area (Å²) in [4.78, 5) is 11.8. The van der Waals surface area contributed by atoms with Crippen LogP contribution in [-0.4, -0.2) is 29.9 Å². The van der Waals surface area contributed by atoms with Crippen LogP contribution in [0.1, 0.15) is 33.1 Å². The van der Waals surface area contributed by atoms with Crippen LogP contribution in [0.4, 0.5) is 14.9 Å². The van der Waals surface area contributed by atoms with Crippen molar-refractivity contribution in [1.82, 2.24) is 5.32 Å². The number of aliphatic hydroxyl groups excluding tert-OH is 1. The molecule has 2 atom stereocenters. The Labute approximate surface area is 129 Å². The number of urea groups is 1. The molecule has 1 aliphatic rings. The number of amides is 2. The molecule has 1 aromatic carbocycles. The Bertz CT molecular complexity index is 520. The van der Waals surface area contributed by atoms with Gasteiger partial charge in [0.25, 0.3) is 0 Å². The SMILES string of the molecule is C[C@H](CO)[C@H](C)NC(=O)Nc1ccc(OC2CCC2)c(F)c1. The Balaban J connectivity index is 1.89. The second-order valence-corrected chi connectivity index (χ2v) is 5.86. The first-order chi connectivity index (χ1) is 10.5. The Hall–Kier alpha value is -1.82. The largest absolute Gasteiger partial charge is 0.487 e. The van der Waals surface area contributed by atoms with Gasteiger partial charge in [0.1, 0.15) is 0 Å². The van der Waals surface area contributed by atoms with Crippen LogP contribution in [0, 0.1) is 11.7 Å². The molecule has 1 fully saturated rings. The van der Waals surface area contributed by atoms with Gasteiger partial charge in [-0.25, -0.2) is 9.18 Å². The normalized spacial score (nSPS) is 17.3. The molecule has 0 radical (unpaired) electrons. The summed E-state index contributed by atoms with van der Waals surface area (Å²) in [6.45, 7) is 3.62. The second-order valence-electron chi connectivity index (χ2n) is 5.86. The maximum atomic E-state index is 13.9. The van der Waals surface area contributed by atoms with Crippen molar-refractivity contribution >= 4 is 11.7 Å². The van der Waals surface area contributed by atoms with Crippen LogP contribution in [0.3, 0.4) is 0 Å². The van der Waals surface area contributed by atoms with Crippen LogP contribution in [0.2, 0.25) is 0 Å². The lowest BCUT2D eigenvalue weighted by molar-refractivity contribution is 0.115. The zero-order valence-corrected chi connectivity index (χ0v) is 12.9. The van der Waals surface area contributed by atoms with Gasteiger partial charge in [-0.15, -0.1) is 0 Å². The van der Waals surface area contributed by atoms with Gasteiger partial charge in [-0.3, -0.25) is 0 Å². The van der Waals surface area contributed by atoms with E-state index in [1.54, 1.807) is 13.0 Å². The van der Waals surface area contributed by atoms with Gasteiger partial charge in [0.05, 0.1) is 6.10 Å². The highest BCUT2D eigenvalue weighted by molar-refractivity contribution is 5.89. The smallest absolute Gasteiger partial charge is 0.319 e. The number of rotatable bonds is 6. The van der Waals surface area contributed by atoms with Crippen LogP contribution >= 0.6 is 0 Å². The first kappa shape index (κ1) is 16.5. The van der Waals surface area contributed by atoms with Crippen molar-refractivity contribution in [2.75, 3.05) is 11.9 Å². The minimum absolute atomic E-state index is 0.0106. The van der Waals surface area contributed by atoms with Gasteiger partial charge in [0, 0.05) is 24.4 Å². The summed E-state index contributed by atoms with van der Waals surface area (Å²) in [5.41, 5.74) is 0.361. The van der Waals surface area contributed by atoms with Crippen molar-refractivity contribution in [3.8, 4) is 5.75 Å². The van der Waals surface area contributed by atoms with Gasteiger partial charge in [0.15, 0.2) is 11.6 Å². The molecule has 0 bridgehead atoms. The van der Waals surface area contributed by atoms with Gasteiger partial charge in [0.2, 0.25) is 0 Å². The van der Waals surface area contributed by atoms with Crippen LogP contribution in [0.15, 0.2) is 18.2 Å². The second kappa shape index (κ2) is 7.45. The Morgan fingerprint density at radius 3 is 2.73 bits per heavy atom. The molecule has 2 rings (SSSR count). The molecule has 0 aliphatic heterocycles. The molecule has 0 unspecified atom stereocenters. The number of benzene rings is 1. The molecule has 0 aromatic heterocycles. The summed E-state index contributed by atoms with van der Waals surface area (Å²) in [5.74, 6) is -0.319. The van der Waals surface area contributed by atoms with Crippen molar-refractivity contribution in [2.45, 2.75) is 45.3 Å². The fourth-order valence-corrected chi connectivity index (χ4v) is 2.02. The summed E-state index contributed by atoms with van der Waals surface area (Å²) in [7, 11) is 0. The molecule has 122 valence electrons. The topological polar surface area (TPSA) is 70.6 Å². The van der Waals surface area contributed by atoms with E-state index in [4.69, 9.17) is 9.84 Å². The number of halogens is 1. The Kier molecular flexibility index (Phi) is 5.60. The monoisotopic (exact) mass is 310 g/mol. The number of hydrogen-bond acceptors (Lipinski definition) is 3. The standard InChI is InChI=1S/C16H23FN2O3/c1-10(9-20)11(2)18-16(21)19-12-6-7-15(14(17)8-12)22-13-4-3-5-13/h6-8,10-11,13,20H,3-5,9H2,1-2H3,(H2,18,19,21)/t10-,11+/m1/s1. The van der Waals surface area contributed by atoms with Crippen molar-refractivity contribution in [1.29, 1.82) is 0 Å². The number of carbonyl (C=O) groups is 1. The molecule has 0 saturated heterocycles. The number of hydrogen-bond donors (Lipinski definition) is 3. The third-order valence-corrected chi connectivity index (χ3v) is 4.04. The highest BCUT2D eigenvalue weighted by Crippen LogP contribution is 2.28. The lowest BCUT2D eigenvalue weighted by atomic mass is 9.96. The summed E-state index contributed by atoms with van der Waals surface area (Å²) in [6, 6.07) is 3.77. The molecule has 6 heteroatoms. The average Bonchev–Trinajstić information content (AvgIpc) is 2.43. The number of anilines is 1. The third-order valence-electron chi connectivity index (χ3n) is 4.04. The fourth-order valence-electron chi connectivity index (χ4n) is 2.02. The summed E-state index contributed by atoms with van der Waals surface area (Å²) in [6.07, 6.45) is 3.15. The number of aliphatic hydroxyl groups is 1. The summed E-state index contributed by atoms with van der Waals surface area (Å²) >= 11 is 0. The van der Waals surface area contributed by atoms with E-state index in [9.17, 15) is 9.18 Å². The van der Waals surface area contributed by atoms with Crippen LogP contribution < -0.4 is 15.4 Å². The molecular weight excluding hydrogens is 287 g/mol. The van der Waals surface area contributed by atoms with E-state index in [-0.39, 0.29) is 30.4 Å². The van der Waals surface area contributed by atoms with Crippen molar-refractivity contribution in [2.24, 2.45) is 5.92 Å². The molecular formula is C16H23FN2O3. The van der Waals surface area contributed by atoms with Gasteiger partial charge >= 0.3 is 6.03 Å². The van der Waals surface area contributed by atoms with Crippen LogP contribution in [0.5, 0.6) is 5.75 Å². The third kappa shape index (κ3) is 4.34. The number of ether oxygens (including phenoxy) is 1. The minimum Gasteiger partial charge on any atom is -0.487 e. The molecule has 5 nitrogen and oxygen atoms in total. The first-order valence-corrected chi connectivity index (χ1v) is 7.64. The molecule has 22 heavy (non-hydrogen) atoms. The van der Waals surface area contributed by atoms with Crippen LogP contribution in [-0.2, 0) is 0 Å². The predicted octanol–water partition coefficient (Wildman–Crippen LogP) is 2.90. The molecule has 0 spiro atoms. The van der Waals surface area contributed by atoms with E-state index in [0.717, 1.165) is 19.3 Å². The Morgan fingerprint density at radius 2 is 2.18 bits per heavy atom. The number of nitrogens with one attached hydrogen (secondary N) is 2. The number of carbonyl (C=O) groups excluding carboxylic acids is 1. The van der Waals surface area contributed by atoms with E-state index in [1.807, 2.05) is 6.92 Å². The average molecular weight is 310 g/mol. The molecule has 0 heterocycles. The van der Waals surface area contributed by atoms with Gasteiger partial charge in [-0.2, -0.15) is 0 Å². The molecule has 3 N–H and O–H groups in total. The van der Waals surface area contributed by atoms with E-state index in [2.05, 4.69) is 10.6 Å². The van der Waals surface area contributed by atoms with Crippen molar-refractivity contribution < 1.29 is 19.0 Å². The molecule has 1 aliphatic carbocycles. The first-order valence-electron chi connectivity index (χ1n) is 7.64. The van der Waals surface area contributed by atoms with Gasteiger partial charge in [-0.05, 0) is 44.2 Å². The van der Waals surface area contributed by atoms with Crippen molar-refractivity contribution in [3.63, 3.8) is 0 Å². The molecule has 2 amide bonds. The van der Waals surface area contributed by atoms with Crippen molar-refractivity contribution in [3.05, 3.63) is 24.0 Å². The summed E-state index contributed by atoms with van der Waals surface area (Å²) < 4.78 is 19.5. The fraction of sp³-hybridized carbons (Fsp3) is 0.562. The predicted molar refractivity (Wildman–Crippen MR) is 82.5 cm³/mol. The minimum atomic E-state index is -0.485. The molecule has 1 aromatic rings. The maximum absolute atomic E-state index is 13.9. The lowest BCUT2D eigenvalue weighted by Gasteiger charge is -2.26. The lowest BCUT2D eigenvalue weighted by Crippen LogP contribution is -2.40. The summed E-state index contributed by atoms with van der Waals surface area (Å²) in [5, 5.41) is 14.3. The van der Waals surface area contributed by atoms with Crippen LogP contribution in [0.25, 0.3) is 0 Å². The van der Waals surface area contributed by atoms with E-state index >= 15 is 0 Å². The Morgan fingerprint density at radius 1 is 1.45 bits per heavy atom. The van der Waals surface area contributed by atoms with Gasteiger partial charge < -0.3 is 20.5 Å². The van der Waals surface area contributed by atoms with E-state index in [0.29, 0.717) is 5.69 Å². The zero-order valence-electron chi connectivity index (χ0n) is 12.9. The zero-order chi connectivity index (χ0) is 16.1. The quantitative estimate of drug-likeness (QED) is 0.756. The van der Waals surface area contributed by atoms with E-state index in [1.165, 1.54) is 12.1 Å².